The van der Waals surface area contributed by atoms with Crippen LogP contribution in [0.5, 0.6) is 5.75 Å². The van der Waals surface area contributed by atoms with Gasteiger partial charge in [0, 0.05) is 19.0 Å². The molecule has 0 radical (unpaired) electrons. The topological polar surface area (TPSA) is 58.6 Å². The molecule has 1 fully saturated rings. The summed E-state index contributed by atoms with van der Waals surface area (Å²) in [4.78, 5) is 29.2. The maximum Gasteiger partial charge on any atom is 0.261 e. The van der Waals surface area contributed by atoms with E-state index in [2.05, 4.69) is 11.4 Å². The van der Waals surface area contributed by atoms with Gasteiger partial charge in [-0.1, -0.05) is 79.6 Å². The zero-order valence-corrected chi connectivity index (χ0v) is 22.2. The fourth-order valence-corrected chi connectivity index (χ4v) is 5.07. The summed E-state index contributed by atoms with van der Waals surface area (Å²) in [6, 6.07) is 23.4. The number of rotatable bonds is 10. The number of carbonyl (C=O) groups is 2. The maximum absolute atomic E-state index is 13.8. The van der Waals surface area contributed by atoms with Gasteiger partial charge in [-0.25, -0.2) is 0 Å². The summed E-state index contributed by atoms with van der Waals surface area (Å²) in [6.45, 7) is 6.28. The molecule has 0 saturated heterocycles. The van der Waals surface area contributed by atoms with E-state index in [9.17, 15) is 9.59 Å². The van der Waals surface area contributed by atoms with Gasteiger partial charge in [0.2, 0.25) is 5.91 Å². The van der Waals surface area contributed by atoms with E-state index < -0.39 is 6.04 Å². The lowest BCUT2D eigenvalue weighted by molar-refractivity contribution is -0.143. The van der Waals surface area contributed by atoms with Crippen molar-refractivity contribution in [2.45, 2.75) is 71.5 Å². The summed E-state index contributed by atoms with van der Waals surface area (Å²) in [5.41, 5.74) is 5.23. The Morgan fingerprint density at radius 1 is 0.919 bits per heavy atom. The molecule has 3 aromatic carbocycles. The summed E-state index contributed by atoms with van der Waals surface area (Å²) >= 11 is 0. The molecule has 1 aliphatic carbocycles. The Balaban J connectivity index is 1.61. The number of nitrogens with zero attached hydrogens (tertiary/aromatic N) is 1. The second-order valence-electron chi connectivity index (χ2n) is 10.2. The third-order valence-electron chi connectivity index (χ3n) is 7.28. The summed E-state index contributed by atoms with van der Waals surface area (Å²) in [5, 5.41) is 3.24. The van der Waals surface area contributed by atoms with Gasteiger partial charge in [-0.2, -0.15) is 0 Å². The van der Waals surface area contributed by atoms with E-state index in [0.717, 1.165) is 53.5 Å². The van der Waals surface area contributed by atoms with E-state index in [1.165, 1.54) is 0 Å². The van der Waals surface area contributed by atoms with E-state index >= 15 is 0 Å². The Labute approximate surface area is 220 Å². The molecular formula is C32H38N2O3. The summed E-state index contributed by atoms with van der Waals surface area (Å²) in [5.74, 6) is 0.410. The fraction of sp³-hybridized carbons (Fsp3) is 0.375. The van der Waals surface area contributed by atoms with Crippen LogP contribution in [0, 0.1) is 20.8 Å². The van der Waals surface area contributed by atoms with Crippen molar-refractivity contribution < 1.29 is 14.3 Å². The van der Waals surface area contributed by atoms with Crippen molar-refractivity contribution >= 4 is 11.8 Å². The molecule has 0 unspecified atom stereocenters. The summed E-state index contributed by atoms with van der Waals surface area (Å²) in [7, 11) is 0. The number of amides is 2. The van der Waals surface area contributed by atoms with Gasteiger partial charge in [-0.15, -0.1) is 0 Å². The first-order chi connectivity index (χ1) is 17.9. The molecule has 1 aliphatic rings. The van der Waals surface area contributed by atoms with Crippen molar-refractivity contribution in [2.75, 3.05) is 6.61 Å². The van der Waals surface area contributed by atoms with Crippen LogP contribution in [0.2, 0.25) is 0 Å². The van der Waals surface area contributed by atoms with Gasteiger partial charge in [0.1, 0.15) is 11.8 Å². The minimum atomic E-state index is -0.639. The number of carbonyl (C=O) groups excluding carboxylic acids is 2. The van der Waals surface area contributed by atoms with Crippen LogP contribution in [0.25, 0.3) is 0 Å². The Kier molecular flexibility index (Phi) is 8.99. The molecule has 5 nitrogen and oxygen atoms in total. The molecule has 0 heterocycles. The van der Waals surface area contributed by atoms with Crippen molar-refractivity contribution in [3.63, 3.8) is 0 Å². The van der Waals surface area contributed by atoms with Crippen LogP contribution < -0.4 is 10.1 Å². The van der Waals surface area contributed by atoms with Gasteiger partial charge >= 0.3 is 0 Å². The highest BCUT2D eigenvalue weighted by Gasteiger charge is 2.32. The molecule has 5 heteroatoms. The SMILES string of the molecule is Cc1cc(C)c(C)c(OCC(=O)N(Cc2ccccc2)[C@H](Cc2ccccc2)C(=O)NC2CCCC2)c1. The predicted molar refractivity (Wildman–Crippen MR) is 147 cm³/mol. The van der Waals surface area contributed by atoms with Crippen molar-refractivity contribution in [3.05, 3.63) is 101 Å². The molecule has 0 aliphatic heterocycles. The Bertz CT molecular complexity index is 1190. The number of hydrogen-bond donors (Lipinski definition) is 1. The van der Waals surface area contributed by atoms with Crippen LogP contribution in [-0.4, -0.2) is 35.4 Å². The lowest BCUT2D eigenvalue weighted by Gasteiger charge is -2.32. The Morgan fingerprint density at radius 3 is 2.19 bits per heavy atom. The van der Waals surface area contributed by atoms with Crippen molar-refractivity contribution in [1.29, 1.82) is 0 Å². The Hall–Kier alpha value is -3.60. The number of nitrogens with one attached hydrogen (secondary N) is 1. The number of hydrogen-bond acceptors (Lipinski definition) is 3. The minimum absolute atomic E-state index is 0.0948. The second-order valence-corrected chi connectivity index (χ2v) is 10.2. The third kappa shape index (κ3) is 7.22. The van der Waals surface area contributed by atoms with Crippen LogP contribution in [0.1, 0.15) is 53.5 Å². The van der Waals surface area contributed by atoms with Crippen LogP contribution in [0.4, 0.5) is 0 Å². The van der Waals surface area contributed by atoms with E-state index in [1.807, 2.05) is 87.5 Å². The Morgan fingerprint density at radius 2 is 1.54 bits per heavy atom. The van der Waals surface area contributed by atoms with Gasteiger partial charge in [0.25, 0.3) is 5.91 Å². The molecule has 1 N–H and O–H groups in total. The van der Waals surface area contributed by atoms with Crippen molar-refractivity contribution in [1.82, 2.24) is 10.2 Å². The van der Waals surface area contributed by atoms with E-state index in [1.54, 1.807) is 4.90 Å². The lowest BCUT2D eigenvalue weighted by atomic mass is 10.0. The van der Waals surface area contributed by atoms with E-state index in [-0.39, 0.29) is 24.5 Å². The molecule has 2 amide bonds. The first-order valence-corrected chi connectivity index (χ1v) is 13.3. The summed E-state index contributed by atoms with van der Waals surface area (Å²) in [6.07, 6.45) is 4.69. The van der Waals surface area contributed by atoms with Gasteiger partial charge in [0.05, 0.1) is 0 Å². The molecule has 37 heavy (non-hydrogen) atoms. The quantitative estimate of drug-likeness (QED) is 0.391. The molecule has 4 rings (SSSR count). The summed E-state index contributed by atoms with van der Waals surface area (Å²) < 4.78 is 6.07. The highest BCUT2D eigenvalue weighted by atomic mass is 16.5. The van der Waals surface area contributed by atoms with Gasteiger partial charge in [-0.05, 0) is 67.5 Å². The molecule has 3 aromatic rings. The van der Waals surface area contributed by atoms with Gasteiger partial charge in [-0.3, -0.25) is 9.59 Å². The van der Waals surface area contributed by atoms with Crippen LogP contribution >= 0.6 is 0 Å². The molecule has 194 valence electrons. The average Bonchev–Trinajstić information content (AvgIpc) is 3.41. The lowest BCUT2D eigenvalue weighted by Crippen LogP contribution is -2.53. The number of ether oxygens (including phenoxy) is 1. The molecule has 1 saturated carbocycles. The number of benzene rings is 3. The minimum Gasteiger partial charge on any atom is -0.483 e. The molecular weight excluding hydrogens is 460 g/mol. The standard InChI is InChI=1S/C32H38N2O3/c1-23-18-24(2)25(3)30(19-23)37-22-31(35)34(21-27-14-8-5-9-15-27)29(20-26-12-6-4-7-13-26)32(36)33-28-16-10-11-17-28/h4-9,12-15,18-19,28-29H,10-11,16-17,20-22H2,1-3H3,(H,33,36)/t29-/m1/s1. The largest absolute Gasteiger partial charge is 0.483 e. The maximum atomic E-state index is 13.8. The monoisotopic (exact) mass is 498 g/mol. The molecule has 0 bridgehead atoms. The molecule has 1 atom stereocenters. The van der Waals surface area contributed by atoms with Crippen LogP contribution in [0.3, 0.4) is 0 Å². The van der Waals surface area contributed by atoms with Crippen LogP contribution in [-0.2, 0) is 22.6 Å². The number of aryl methyl sites for hydroxylation is 2. The first-order valence-electron chi connectivity index (χ1n) is 13.3. The van der Waals surface area contributed by atoms with Crippen LogP contribution in [0.15, 0.2) is 72.8 Å². The molecule has 0 aromatic heterocycles. The van der Waals surface area contributed by atoms with Crippen molar-refractivity contribution in [3.8, 4) is 5.75 Å². The van der Waals surface area contributed by atoms with Gasteiger partial charge < -0.3 is 15.0 Å². The second kappa shape index (κ2) is 12.6. The zero-order valence-electron chi connectivity index (χ0n) is 22.2. The average molecular weight is 499 g/mol. The first kappa shape index (κ1) is 26.5. The van der Waals surface area contributed by atoms with Crippen molar-refractivity contribution in [2.24, 2.45) is 0 Å². The normalized spacial score (nSPS) is 14.2. The highest BCUT2D eigenvalue weighted by Crippen LogP contribution is 2.24. The van der Waals surface area contributed by atoms with E-state index in [4.69, 9.17) is 4.74 Å². The third-order valence-corrected chi connectivity index (χ3v) is 7.28. The fourth-order valence-electron chi connectivity index (χ4n) is 5.07. The predicted octanol–water partition coefficient (Wildman–Crippen LogP) is 5.69. The van der Waals surface area contributed by atoms with Gasteiger partial charge in [0.15, 0.2) is 6.61 Å². The highest BCUT2D eigenvalue weighted by molar-refractivity contribution is 5.88. The van der Waals surface area contributed by atoms with E-state index in [0.29, 0.717) is 18.7 Å². The molecule has 0 spiro atoms. The smallest absolute Gasteiger partial charge is 0.261 e. The zero-order chi connectivity index (χ0) is 26.2.